The molecule has 0 radical (unpaired) electrons. The number of furan rings is 1. The summed E-state index contributed by atoms with van der Waals surface area (Å²) < 4.78 is 6.87. The average molecular weight is 692 g/mol. The number of hydrogen-bond donors (Lipinski definition) is 0. The van der Waals surface area contributed by atoms with Gasteiger partial charge >= 0.3 is 0 Å². The molecule has 4 nitrogen and oxygen atoms in total. The van der Waals surface area contributed by atoms with Crippen LogP contribution in [0, 0.1) is 0 Å². The first-order valence-corrected chi connectivity index (χ1v) is 18.2. The summed E-state index contributed by atoms with van der Waals surface area (Å²) in [4.78, 5) is 12.5. The van der Waals surface area contributed by atoms with Crippen LogP contribution >= 0.6 is 0 Å². The number of rotatable bonds is 7. The van der Waals surface area contributed by atoms with Crippen LogP contribution in [0.25, 0.3) is 77.7 Å². The second kappa shape index (κ2) is 13.4. The summed E-state index contributed by atoms with van der Waals surface area (Å²) in [6, 6.07) is 69.6. The molecule has 4 heteroatoms. The third kappa shape index (κ3) is 5.67. The molecule has 0 aliphatic rings. The lowest BCUT2D eigenvalue weighted by molar-refractivity contribution is 0.669. The Morgan fingerprint density at radius 2 is 0.981 bits per heavy atom. The maximum absolute atomic E-state index is 6.87. The fraction of sp³-hybridized carbons (Fsp3) is 0. The Labute approximate surface area is 313 Å². The topological polar surface area (TPSA) is 42.2 Å². The Balaban J connectivity index is 1.11. The highest BCUT2D eigenvalue weighted by atomic mass is 16.3. The molecule has 0 saturated carbocycles. The summed E-state index contributed by atoms with van der Waals surface area (Å²) >= 11 is 0. The molecule has 10 rings (SSSR count). The van der Waals surface area contributed by atoms with E-state index in [1.54, 1.807) is 0 Å². The van der Waals surface area contributed by atoms with Crippen molar-refractivity contribution < 1.29 is 4.42 Å². The molecule has 0 unspecified atom stereocenters. The second-order valence-corrected chi connectivity index (χ2v) is 13.4. The van der Waals surface area contributed by atoms with Crippen molar-refractivity contribution in [2.75, 3.05) is 4.90 Å². The van der Waals surface area contributed by atoms with Crippen LogP contribution < -0.4 is 4.90 Å². The number of para-hydroxylation sites is 2. The first kappa shape index (κ1) is 31.4. The molecule has 254 valence electrons. The molecular weight excluding hydrogens is 659 g/mol. The minimum Gasteiger partial charge on any atom is -0.454 e. The maximum Gasteiger partial charge on any atom is 0.160 e. The van der Waals surface area contributed by atoms with E-state index in [0.717, 1.165) is 72.5 Å². The minimum atomic E-state index is 0.680. The zero-order chi connectivity index (χ0) is 35.8. The van der Waals surface area contributed by atoms with E-state index in [4.69, 9.17) is 14.4 Å². The quantitative estimate of drug-likeness (QED) is 0.167. The van der Waals surface area contributed by atoms with Crippen molar-refractivity contribution in [1.29, 1.82) is 0 Å². The van der Waals surface area contributed by atoms with E-state index in [0.29, 0.717) is 5.82 Å². The van der Waals surface area contributed by atoms with Crippen LogP contribution in [0.2, 0.25) is 0 Å². The molecule has 0 atom stereocenters. The van der Waals surface area contributed by atoms with Crippen LogP contribution in [0.1, 0.15) is 0 Å². The van der Waals surface area contributed by atoms with E-state index in [2.05, 4.69) is 175 Å². The highest BCUT2D eigenvalue weighted by Crippen LogP contribution is 2.43. The van der Waals surface area contributed by atoms with E-state index in [1.807, 2.05) is 30.3 Å². The first-order chi connectivity index (χ1) is 26.8. The molecule has 2 aromatic heterocycles. The van der Waals surface area contributed by atoms with Crippen LogP contribution in [0.5, 0.6) is 0 Å². The Morgan fingerprint density at radius 3 is 1.78 bits per heavy atom. The van der Waals surface area contributed by atoms with Gasteiger partial charge in [0.2, 0.25) is 0 Å². The van der Waals surface area contributed by atoms with Gasteiger partial charge in [-0.25, -0.2) is 9.97 Å². The van der Waals surface area contributed by atoms with Crippen LogP contribution in [-0.2, 0) is 0 Å². The van der Waals surface area contributed by atoms with E-state index in [9.17, 15) is 0 Å². The van der Waals surface area contributed by atoms with Crippen molar-refractivity contribution in [2.24, 2.45) is 0 Å². The van der Waals surface area contributed by atoms with E-state index in [-0.39, 0.29) is 0 Å². The normalized spacial score (nSPS) is 11.3. The van der Waals surface area contributed by atoms with Gasteiger partial charge in [0, 0.05) is 38.8 Å². The van der Waals surface area contributed by atoms with Gasteiger partial charge in [0.05, 0.1) is 17.1 Å². The fourth-order valence-electron chi connectivity index (χ4n) is 7.45. The standard InChI is InChI=1S/C50H33N3O/c1-4-14-34(15-5-1)35-26-29-40(30-27-35)53(39-20-8-3-9-21-39)47-25-13-24-44-43-31-28-38(32-48(43)54-49(44)47)45-33-46(52-50(51-45)37-17-6-2-7-18-37)42-23-12-19-36-16-10-11-22-41(36)42/h1-33H. The summed E-state index contributed by atoms with van der Waals surface area (Å²) in [5, 5.41) is 4.43. The van der Waals surface area contributed by atoms with Crippen molar-refractivity contribution in [2.45, 2.75) is 0 Å². The summed E-state index contributed by atoms with van der Waals surface area (Å²) in [5.74, 6) is 0.680. The molecule has 0 aliphatic carbocycles. The molecule has 0 spiro atoms. The molecule has 54 heavy (non-hydrogen) atoms. The molecule has 0 aliphatic heterocycles. The number of hydrogen-bond acceptors (Lipinski definition) is 4. The van der Waals surface area contributed by atoms with Crippen molar-refractivity contribution in [3.63, 3.8) is 0 Å². The third-order valence-electron chi connectivity index (χ3n) is 10.1. The summed E-state index contributed by atoms with van der Waals surface area (Å²) in [6.07, 6.45) is 0. The molecule has 0 N–H and O–H groups in total. The van der Waals surface area contributed by atoms with Crippen LogP contribution in [0.3, 0.4) is 0 Å². The number of aromatic nitrogens is 2. The molecular formula is C50H33N3O. The predicted molar refractivity (Wildman–Crippen MR) is 223 cm³/mol. The van der Waals surface area contributed by atoms with Crippen molar-refractivity contribution >= 4 is 49.8 Å². The number of fused-ring (bicyclic) bond motifs is 4. The smallest absolute Gasteiger partial charge is 0.160 e. The zero-order valence-electron chi connectivity index (χ0n) is 29.3. The van der Waals surface area contributed by atoms with E-state index >= 15 is 0 Å². The number of nitrogens with zero attached hydrogens (tertiary/aromatic N) is 3. The van der Waals surface area contributed by atoms with Gasteiger partial charge in [-0.1, -0.05) is 152 Å². The lowest BCUT2D eigenvalue weighted by Crippen LogP contribution is -2.10. The summed E-state index contributed by atoms with van der Waals surface area (Å²) in [7, 11) is 0. The molecule has 2 heterocycles. The maximum atomic E-state index is 6.87. The SMILES string of the molecule is c1ccc(-c2ccc(N(c3ccccc3)c3cccc4c3oc3cc(-c5cc(-c6cccc7ccccc67)nc(-c6ccccc6)n5)ccc34)cc2)cc1. The fourth-order valence-corrected chi connectivity index (χ4v) is 7.45. The van der Waals surface area contributed by atoms with Crippen molar-refractivity contribution in [3.05, 3.63) is 200 Å². The van der Waals surface area contributed by atoms with Crippen molar-refractivity contribution in [1.82, 2.24) is 9.97 Å². The highest BCUT2D eigenvalue weighted by molar-refractivity contribution is 6.11. The zero-order valence-corrected chi connectivity index (χ0v) is 29.3. The lowest BCUT2D eigenvalue weighted by Gasteiger charge is -2.25. The lowest BCUT2D eigenvalue weighted by atomic mass is 10.00. The molecule has 0 fully saturated rings. The van der Waals surface area contributed by atoms with Crippen LogP contribution in [0.15, 0.2) is 205 Å². The molecule has 8 aromatic carbocycles. The van der Waals surface area contributed by atoms with Gasteiger partial charge in [0.1, 0.15) is 5.58 Å². The van der Waals surface area contributed by atoms with E-state index in [1.165, 1.54) is 16.5 Å². The van der Waals surface area contributed by atoms with Crippen LogP contribution in [0.4, 0.5) is 17.1 Å². The van der Waals surface area contributed by atoms with Gasteiger partial charge in [-0.2, -0.15) is 0 Å². The summed E-state index contributed by atoms with van der Waals surface area (Å²) in [6.45, 7) is 0. The monoisotopic (exact) mass is 691 g/mol. The van der Waals surface area contributed by atoms with Crippen molar-refractivity contribution in [3.8, 4) is 45.0 Å². The molecule has 0 bridgehead atoms. The third-order valence-corrected chi connectivity index (χ3v) is 10.1. The Kier molecular flexibility index (Phi) is 7.77. The predicted octanol–water partition coefficient (Wildman–Crippen LogP) is 13.7. The van der Waals surface area contributed by atoms with Gasteiger partial charge in [0.15, 0.2) is 11.4 Å². The first-order valence-electron chi connectivity index (χ1n) is 18.2. The minimum absolute atomic E-state index is 0.680. The van der Waals surface area contributed by atoms with Gasteiger partial charge < -0.3 is 9.32 Å². The Hall–Kier alpha value is -7.30. The Morgan fingerprint density at radius 1 is 0.389 bits per heavy atom. The van der Waals surface area contributed by atoms with Gasteiger partial charge in [0.25, 0.3) is 0 Å². The molecule has 0 saturated heterocycles. The van der Waals surface area contributed by atoms with Crippen LogP contribution in [-0.4, -0.2) is 9.97 Å². The number of anilines is 3. The highest BCUT2D eigenvalue weighted by Gasteiger charge is 2.20. The van der Waals surface area contributed by atoms with Gasteiger partial charge in [-0.3, -0.25) is 0 Å². The summed E-state index contributed by atoms with van der Waals surface area (Å²) in [5.41, 5.74) is 11.8. The largest absolute Gasteiger partial charge is 0.454 e. The van der Waals surface area contributed by atoms with E-state index < -0.39 is 0 Å². The number of benzene rings is 8. The van der Waals surface area contributed by atoms with Gasteiger partial charge in [-0.15, -0.1) is 0 Å². The second-order valence-electron chi connectivity index (χ2n) is 13.4. The average Bonchev–Trinajstić information content (AvgIpc) is 3.63. The molecule has 10 aromatic rings. The molecule has 0 amide bonds. The van der Waals surface area contributed by atoms with Gasteiger partial charge in [-0.05, 0) is 70.4 Å². The Bertz CT molecular complexity index is 2910.